The number of hydrogen-bond acceptors (Lipinski definition) is 6. The van der Waals surface area contributed by atoms with Crippen molar-refractivity contribution in [3.05, 3.63) is 12.4 Å². The van der Waals surface area contributed by atoms with E-state index in [1.54, 1.807) is 10.9 Å². The van der Waals surface area contributed by atoms with Gasteiger partial charge in [-0.25, -0.2) is 0 Å². The standard InChI is InChI=1S/C11H16N6O/c1-4-17-6-8(5-13-17)9-14-10(12)16-11(15-9)18-7(2)3/h5-7H,4H2,1-3H3,(H2,12,14,15,16). The lowest BCUT2D eigenvalue weighted by Gasteiger charge is -2.08. The molecule has 0 aromatic carbocycles. The van der Waals surface area contributed by atoms with Crippen LogP contribution in [0.3, 0.4) is 0 Å². The summed E-state index contributed by atoms with van der Waals surface area (Å²) in [5.74, 6) is 0.609. The van der Waals surface area contributed by atoms with Crippen molar-refractivity contribution in [2.45, 2.75) is 33.4 Å². The van der Waals surface area contributed by atoms with Gasteiger partial charge in [0.05, 0.1) is 17.9 Å². The molecule has 2 rings (SSSR count). The number of nitrogens with two attached hydrogens (primary N) is 1. The van der Waals surface area contributed by atoms with Gasteiger partial charge in [0, 0.05) is 12.7 Å². The van der Waals surface area contributed by atoms with Gasteiger partial charge in [-0.1, -0.05) is 0 Å². The Morgan fingerprint density at radius 2 is 2.11 bits per heavy atom. The second-order valence-electron chi connectivity index (χ2n) is 4.05. The molecule has 18 heavy (non-hydrogen) atoms. The molecule has 0 spiro atoms. The maximum atomic E-state index is 5.64. The Hall–Kier alpha value is -2.18. The average Bonchev–Trinajstić information content (AvgIpc) is 2.75. The fraction of sp³-hybridized carbons (Fsp3) is 0.455. The topological polar surface area (TPSA) is 91.7 Å². The van der Waals surface area contributed by atoms with Crippen LogP contribution in [-0.4, -0.2) is 30.8 Å². The minimum atomic E-state index is -0.0157. The molecule has 2 heterocycles. The molecule has 0 atom stereocenters. The third-order valence-corrected chi connectivity index (χ3v) is 2.19. The van der Waals surface area contributed by atoms with Gasteiger partial charge >= 0.3 is 6.01 Å². The molecule has 2 aromatic rings. The summed E-state index contributed by atoms with van der Waals surface area (Å²) in [6.45, 7) is 6.59. The predicted octanol–water partition coefficient (Wildman–Crippen LogP) is 1.12. The molecule has 0 aliphatic carbocycles. The number of hydrogen-bond donors (Lipinski definition) is 1. The van der Waals surface area contributed by atoms with E-state index < -0.39 is 0 Å². The van der Waals surface area contributed by atoms with Gasteiger partial charge in [-0.2, -0.15) is 20.1 Å². The number of nitrogen functional groups attached to an aromatic ring is 1. The molecule has 0 saturated heterocycles. The first-order valence-corrected chi connectivity index (χ1v) is 5.79. The monoisotopic (exact) mass is 248 g/mol. The molecule has 2 N–H and O–H groups in total. The maximum absolute atomic E-state index is 5.64. The maximum Gasteiger partial charge on any atom is 0.322 e. The van der Waals surface area contributed by atoms with Gasteiger partial charge in [0.2, 0.25) is 5.95 Å². The molecule has 7 nitrogen and oxygen atoms in total. The van der Waals surface area contributed by atoms with Gasteiger partial charge < -0.3 is 10.5 Å². The van der Waals surface area contributed by atoms with Crippen molar-refractivity contribution in [2.75, 3.05) is 5.73 Å². The Morgan fingerprint density at radius 3 is 2.72 bits per heavy atom. The van der Waals surface area contributed by atoms with Crippen LogP contribution in [0.15, 0.2) is 12.4 Å². The SMILES string of the molecule is CCn1cc(-c2nc(N)nc(OC(C)C)n2)cn1. The van der Waals surface area contributed by atoms with Crippen LogP contribution in [0.25, 0.3) is 11.4 Å². The summed E-state index contributed by atoms with van der Waals surface area (Å²) in [5.41, 5.74) is 6.43. The molecule has 0 fully saturated rings. The molecule has 0 aliphatic rings. The second kappa shape index (κ2) is 4.99. The van der Waals surface area contributed by atoms with Crippen molar-refractivity contribution in [3.8, 4) is 17.4 Å². The summed E-state index contributed by atoms with van der Waals surface area (Å²) in [5, 5.41) is 4.17. The van der Waals surface area contributed by atoms with E-state index in [4.69, 9.17) is 10.5 Å². The third kappa shape index (κ3) is 2.73. The lowest BCUT2D eigenvalue weighted by Crippen LogP contribution is -2.11. The summed E-state index contributed by atoms with van der Waals surface area (Å²) in [4.78, 5) is 12.2. The third-order valence-electron chi connectivity index (χ3n) is 2.19. The number of nitrogens with zero attached hydrogens (tertiary/aromatic N) is 5. The zero-order valence-electron chi connectivity index (χ0n) is 10.7. The first kappa shape index (κ1) is 12.3. The summed E-state index contributed by atoms with van der Waals surface area (Å²) in [6.07, 6.45) is 3.53. The highest BCUT2D eigenvalue weighted by Crippen LogP contribution is 2.17. The molecule has 0 radical (unpaired) electrons. The van der Waals surface area contributed by atoms with E-state index in [-0.39, 0.29) is 18.1 Å². The zero-order chi connectivity index (χ0) is 13.1. The van der Waals surface area contributed by atoms with Crippen molar-refractivity contribution in [1.29, 1.82) is 0 Å². The highest BCUT2D eigenvalue weighted by molar-refractivity contribution is 5.53. The molecule has 2 aromatic heterocycles. The van der Waals surface area contributed by atoms with Crippen LogP contribution in [-0.2, 0) is 6.54 Å². The normalized spacial score (nSPS) is 10.9. The molecule has 0 amide bonds. The van der Waals surface area contributed by atoms with Crippen LogP contribution < -0.4 is 10.5 Å². The number of anilines is 1. The van der Waals surface area contributed by atoms with Crippen LogP contribution in [0.4, 0.5) is 5.95 Å². The predicted molar refractivity (Wildman–Crippen MR) is 66.9 cm³/mol. The van der Waals surface area contributed by atoms with Gasteiger partial charge in [-0.3, -0.25) is 4.68 Å². The Morgan fingerprint density at radius 1 is 1.33 bits per heavy atom. The highest BCUT2D eigenvalue weighted by Gasteiger charge is 2.10. The highest BCUT2D eigenvalue weighted by atomic mass is 16.5. The zero-order valence-corrected chi connectivity index (χ0v) is 10.7. The molecular formula is C11H16N6O. The Balaban J connectivity index is 2.35. The molecule has 0 unspecified atom stereocenters. The molecule has 0 saturated carbocycles. The van der Waals surface area contributed by atoms with E-state index >= 15 is 0 Å². The fourth-order valence-corrected chi connectivity index (χ4v) is 1.42. The smallest absolute Gasteiger partial charge is 0.322 e. The van der Waals surface area contributed by atoms with Crippen LogP contribution in [0.5, 0.6) is 6.01 Å². The quantitative estimate of drug-likeness (QED) is 0.871. The van der Waals surface area contributed by atoms with Crippen LogP contribution in [0.1, 0.15) is 20.8 Å². The van der Waals surface area contributed by atoms with E-state index in [0.717, 1.165) is 12.1 Å². The molecule has 96 valence electrons. The Labute approximate surface area is 105 Å². The minimum Gasteiger partial charge on any atom is -0.461 e. The number of aromatic nitrogens is 5. The van der Waals surface area contributed by atoms with Crippen molar-refractivity contribution >= 4 is 5.95 Å². The summed E-state index contributed by atoms with van der Waals surface area (Å²) in [7, 11) is 0. The molecule has 0 bridgehead atoms. The van der Waals surface area contributed by atoms with Crippen molar-refractivity contribution in [2.24, 2.45) is 0 Å². The van der Waals surface area contributed by atoms with E-state index in [1.807, 2.05) is 27.0 Å². The van der Waals surface area contributed by atoms with E-state index in [9.17, 15) is 0 Å². The Kier molecular flexibility index (Phi) is 3.40. The Bertz CT molecular complexity index is 536. The first-order valence-electron chi connectivity index (χ1n) is 5.79. The van der Waals surface area contributed by atoms with Crippen molar-refractivity contribution < 1.29 is 4.74 Å². The second-order valence-corrected chi connectivity index (χ2v) is 4.05. The van der Waals surface area contributed by atoms with Crippen LogP contribution in [0, 0.1) is 0 Å². The summed E-state index contributed by atoms with van der Waals surface area (Å²) < 4.78 is 7.21. The fourth-order valence-electron chi connectivity index (χ4n) is 1.42. The van der Waals surface area contributed by atoms with Gasteiger partial charge in [0.15, 0.2) is 5.82 Å². The van der Waals surface area contributed by atoms with Gasteiger partial charge in [-0.15, -0.1) is 0 Å². The van der Waals surface area contributed by atoms with Crippen LogP contribution in [0.2, 0.25) is 0 Å². The first-order chi connectivity index (χ1) is 8.58. The van der Waals surface area contributed by atoms with Crippen molar-refractivity contribution in [3.63, 3.8) is 0 Å². The summed E-state index contributed by atoms with van der Waals surface area (Å²) in [6, 6.07) is 0.233. The van der Waals surface area contributed by atoms with E-state index in [0.29, 0.717) is 5.82 Å². The van der Waals surface area contributed by atoms with E-state index in [2.05, 4.69) is 20.1 Å². The molecule has 0 aliphatic heterocycles. The number of aryl methyl sites for hydroxylation is 1. The molecular weight excluding hydrogens is 232 g/mol. The van der Waals surface area contributed by atoms with Crippen LogP contribution >= 0.6 is 0 Å². The average molecular weight is 248 g/mol. The van der Waals surface area contributed by atoms with Crippen molar-refractivity contribution in [1.82, 2.24) is 24.7 Å². The minimum absolute atomic E-state index is 0.0157. The number of ether oxygens (including phenoxy) is 1. The van der Waals surface area contributed by atoms with Gasteiger partial charge in [-0.05, 0) is 20.8 Å². The van der Waals surface area contributed by atoms with Gasteiger partial charge in [0.1, 0.15) is 0 Å². The number of rotatable bonds is 4. The lowest BCUT2D eigenvalue weighted by molar-refractivity contribution is 0.222. The molecule has 7 heteroatoms. The lowest BCUT2D eigenvalue weighted by atomic mass is 10.3. The van der Waals surface area contributed by atoms with E-state index in [1.165, 1.54) is 0 Å². The largest absolute Gasteiger partial charge is 0.461 e. The summed E-state index contributed by atoms with van der Waals surface area (Å²) >= 11 is 0. The van der Waals surface area contributed by atoms with Gasteiger partial charge in [0.25, 0.3) is 0 Å².